The lowest BCUT2D eigenvalue weighted by Gasteiger charge is -2.13. The molecule has 0 saturated carbocycles. The molecule has 0 saturated heterocycles. The number of hydrogen-bond acceptors (Lipinski definition) is 4. The SMILES string of the molecule is CC(NC(=O)NC(=O)/C=C/C(=O)O)c1cccnc1. The fourth-order valence-electron chi connectivity index (χ4n) is 1.25. The lowest BCUT2D eigenvalue weighted by molar-refractivity contribution is -0.131. The van der Waals surface area contributed by atoms with Crippen molar-refractivity contribution in [3.05, 3.63) is 42.2 Å². The van der Waals surface area contributed by atoms with Gasteiger partial charge in [0.25, 0.3) is 5.91 Å². The number of nitrogens with one attached hydrogen (secondary N) is 2. The van der Waals surface area contributed by atoms with E-state index in [9.17, 15) is 14.4 Å². The third-order valence-corrected chi connectivity index (χ3v) is 2.15. The highest BCUT2D eigenvalue weighted by Gasteiger charge is 2.10. The molecule has 1 rings (SSSR count). The molecule has 1 aromatic rings. The highest BCUT2D eigenvalue weighted by molar-refractivity contribution is 6.02. The maximum atomic E-state index is 11.4. The lowest BCUT2D eigenvalue weighted by Crippen LogP contribution is -2.39. The Morgan fingerprint density at radius 3 is 2.68 bits per heavy atom. The Balaban J connectivity index is 2.47. The number of carbonyl (C=O) groups is 3. The fraction of sp³-hybridized carbons (Fsp3) is 0.167. The van der Waals surface area contributed by atoms with Gasteiger partial charge in [-0.25, -0.2) is 9.59 Å². The van der Waals surface area contributed by atoms with Crippen molar-refractivity contribution in [3.63, 3.8) is 0 Å². The van der Waals surface area contributed by atoms with Crippen LogP contribution < -0.4 is 10.6 Å². The zero-order valence-electron chi connectivity index (χ0n) is 10.2. The van der Waals surface area contributed by atoms with E-state index in [1.165, 1.54) is 0 Å². The first kappa shape index (κ1) is 14.4. The van der Waals surface area contributed by atoms with Crippen molar-refractivity contribution < 1.29 is 19.5 Å². The average molecular weight is 263 g/mol. The molecule has 0 aromatic carbocycles. The standard InChI is InChI=1S/C12H13N3O4/c1-8(9-3-2-6-13-7-9)14-12(19)15-10(16)4-5-11(17)18/h2-8H,1H3,(H,17,18)(H2,14,15,16,19)/b5-4+. The minimum absolute atomic E-state index is 0.329. The number of carbonyl (C=O) groups excluding carboxylic acids is 2. The number of amides is 3. The van der Waals surface area contributed by atoms with Crippen LogP contribution in [0.3, 0.4) is 0 Å². The van der Waals surface area contributed by atoms with Gasteiger partial charge in [-0.05, 0) is 18.6 Å². The van der Waals surface area contributed by atoms with Crippen LogP contribution in [0.4, 0.5) is 4.79 Å². The number of rotatable bonds is 4. The van der Waals surface area contributed by atoms with Gasteiger partial charge in [0.05, 0.1) is 6.04 Å². The van der Waals surface area contributed by atoms with E-state index >= 15 is 0 Å². The average Bonchev–Trinajstić information content (AvgIpc) is 2.37. The van der Waals surface area contributed by atoms with Crippen LogP contribution in [0, 0.1) is 0 Å². The summed E-state index contributed by atoms with van der Waals surface area (Å²) in [6.07, 6.45) is 4.61. The summed E-state index contributed by atoms with van der Waals surface area (Å²) in [6.45, 7) is 1.73. The summed E-state index contributed by atoms with van der Waals surface area (Å²) >= 11 is 0. The first-order valence-electron chi connectivity index (χ1n) is 5.41. The Bertz CT molecular complexity index is 499. The Morgan fingerprint density at radius 2 is 2.11 bits per heavy atom. The number of aromatic nitrogens is 1. The first-order valence-corrected chi connectivity index (χ1v) is 5.41. The van der Waals surface area contributed by atoms with Gasteiger partial charge in [-0.3, -0.25) is 15.1 Å². The van der Waals surface area contributed by atoms with E-state index < -0.39 is 17.9 Å². The predicted molar refractivity (Wildman–Crippen MR) is 66.1 cm³/mol. The van der Waals surface area contributed by atoms with Crippen LogP contribution in [0.5, 0.6) is 0 Å². The normalized spacial score (nSPS) is 11.8. The van der Waals surface area contributed by atoms with E-state index in [0.717, 1.165) is 11.6 Å². The van der Waals surface area contributed by atoms with E-state index in [0.29, 0.717) is 6.08 Å². The maximum Gasteiger partial charge on any atom is 0.328 e. The molecule has 100 valence electrons. The summed E-state index contributed by atoms with van der Waals surface area (Å²) in [6, 6.07) is 2.47. The van der Waals surface area contributed by atoms with Crippen molar-refractivity contribution in [2.24, 2.45) is 0 Å². The zero-order valence-corrected chi connectivity index (χ0v) is 10.2. The van der Waals surface area contributed by atoms with Crippen LogP contribution in [0.2, 0.25) is 0 Å². The molecule has 0 aliphatic carbocycles. The molecule has 1 unspecified atom stereocenters. The third kappa shape index (κ3) is 5.44. The first-order chi connectivity index (χ1) is 8.99. The van der Waals surface area contributed by atoms with Gasteiger partial charge in [-0.2, -0.15) is 0 Å². The third-order valence-electron chi connectivity index (χ3n) is 2.15. The van der Waals surface area contributed by atoms with Gasteiger partial charge < -0.3 is 10.4 Å². The van der Waals surface area contributed by atoms with Crippen molar-refractivity contribution in [3.8, 4) is 0 Å². The molecule has 0 bridgehead atoms. The van der Waals surface area contributed by atoms with E-state index in [1.54, 1.807) is 31.5 Å². The minimum atomic E-state index is -1.26. The molecule has 0 aliphatic heterocycles. The van der Waals surface area contributed by atoms with Crippen molar-refractivity contribution in [1.82, 2.24) is 15.6 Å². The van der Waals surface area contributed by atoms with Crippen molar-refractivity contribution in [1.29, 1.82) is 0 Å². The summed E-state index contributed by atoms with van der Waals surface area (Å²) in [4.78, 5) is 36.7. The van der Waals surface area contributed by atoms with E-state index in [-0.39, 0.29) is 6.04 Å². The van der Waals surface area contributed by atoms with Gasteiger partial charge in [0.2, 0.25) is 0 Å². The quantitative estimate of drug-likeness (QED) is 0.690. The minimum Gasteiger partial charge on any atom is -0.478 e. The monoisotopic (exact) mass is 263 g/mol. The summed E-state index contributed by atoms with van der Waals surface area (Å²) in [5.74, 6) is -2.07. The summed E-state index contributed by atoms with van der Waals surface area (Å²) < 4.78 is 0. The largest absolute Gasteiger partial charge is 0.478 e. The molecular formula is C12H13N3O4. The Morgan fingerprint density at radius 1 is 1.37 bits per heavy atom. The van der Waals surface area contributed by atoms with Gasteiger partial charge in [-0.15, -0.1) is 0 Å². The lowest BCUT2D eigenvalue weighted by atomic mass is 10.1. The molecule has 0 spiro atoms. The van der Waals surface area contributed by atoms with Gasteiger partial charge in [0, 0.05) is 24.5 Å². The zero-order chi connectivity index (χ0) is 14.3. The summed E-state index contributed by atoms with van der Waals surface area (Å²) in [7, 11) is 0. The molecule has 3 N–H and O–H groups in total. The van der Waals surface area contributed by atoms with Crippen LogP contribution in [0.1, 0.15) is 18.5 Å². The number of urea groups is 1. The summed E-state index contributed by atoms with van der Waals surface area (Å²) in [5, 5.41) is 12.8. The molecule has 1 heterocycles. The van der Waals surface area contributed by atoms with Crippen molar-refractivity contribution in [2.75, 3.05) is 0 Å². The second kappa shape index (κ2) is 6.90. The van der Waals surface area contributed by atoms with Crippen LogP contribution >= 0.6 is 0 Å². The van der Waals surface area contributed by atoms with Gasteiger partial charge in [0.15, 0.2) is 0 Å². The topological polar surface area (TPSA) is 108 Å². The number of pyridine rings is 1. The highest BCUT2D eigenvalue weighted by atomic mass is 16.4. The molecule has 3 amide bonds. The summed E-state index contributed by atoms with van der Waals surface area (Å²) in [5.41, 5.74) is 0.783. The van der Waals surface area contributed by atoms with E-state index in [2.05, 4.69) is 10.3 Å². The number of aliphatic carboxylic acids is 1. The van der Waals surface area contributed by atoms with Crippen molar-refractivity contribution in [2.45, 2.75) is 13.0 Å². The van der Waals surface area contributed by atoms with E-state index in [4.69, 9.17) is 5.11 Å². The molecule has 19 heavy (non-hydrogen) atoms. The van der Waals surface area contributed by atoms with Crippen LogP contribution in [-0.4, -0.2) is 28.0 Å². The molecule has 7 nitrogen and oxygen atoms in total. The van der Waals surface area contributed by atoms with Gasteiger partial charge in [-0.1, -0.05) is 6.07 Å². The Hall–Kier alpha value is -2.70. The highest BCUT2D eigenvalue weighted by Crippen LogP contribution is 2.08. The van der Waals surface area contributed by atoms with Crippen LogP contribution in [-0.2, 0) is 9.59 Å². The predicted octanol–water partition coefficient (Wildman–Crippen LogP) is 0.609. The smallest absolute Gasteiger partial charge is 0.328 e. The molecule has 1 aromatic heterocycles. The van der Waals surface area contributed by atoms with Crippen LogP contribution in [0.15, 0.2) is 36.7 Å². The number of carboxylic acid groups (broad SMARTS) is 1. The fourth-order valence-corrected chi connectivity index (χ4v) is 1.25. The molecule has 0 radical (unpaired) electrons. The molecule has 0 aliphatic rings. The van der Waals surface area contributed by atoms with Gasteiger partial charge >= 0.3 is 12.0 Å². The molecular weight excluding hydrogens is 250 g/mol. The maximum absolute atomic E-state index is 11.4. The van der Waals surface area contributed by atoms with Gasteiger partial charge in [0.1, 0.15) is 0 Å². The molecule has 1 atom stereocenters. The molecule has 7 heteroatoms. The second-order valence-electron chi connectivity index (χ2n) is 3.64. The van der Waals surface area contributed by atoms with Crippen LogP contribution in [0.25, 0.3) is 0 Å². The van der Waals surface area contributed by atoms with E-state index in [1.807, 2.05) is 5.32 Å². The Kier molecular flexibility index (Phi) is 5.21. The second-order valence-corrected chi connectivity index (χ2v) is 3.64. The number of imide groups is 1. The van der Waals surface area contributed by atoms with Crippen molar-refractivity contribution >= 4 is 17.9 Å². The number of nitrogens with zero attached hydrogens (tertiary/aromatic N) is 1. The molecule has 0 fully saturated rings. The number of carboxylic acids is 1. The Labute approximate surface area is 109 Å². The number of hydrogen-bond donors (Lipinski definition) is 3.